The predicted molar refractivity (Wildman–Crippen MR) is 69.2 cm³/mol. The normalized spacial score (nSPS) is 20.9. The van der Waals surface area contributed by atoms with Crippen molar-refractivity contribution >= 4 is 17.7 Å². The first-order valence-electron chi connectivity index (χ1n) is 6.20. The first kappa shape index (κ1) is 13.3. The minimum atomic E-state index is -0.614. The standard InChI is InChI=1S/C14H16N2O3/c1-9(11-6-4-3-5-7-11)14(19)16-8-12(17)15-13(18)10(16)2/h3-7,9-10H,8H2,1-2H3,(H,15,17,18). The fraction of sp³-hybridized carbons (Fsp3) is 0.357. The van der Waals surface area contributed by atoms with E-state index in [1.165, 1.54) is 4.90 Å². The molecule has 5 nitrogen and oxygen atoms in total. The molecule has 1 aliphatic heterocycles. The summed E-state index contributed by atoms with van der Waals surface area (Å²) in [5.41, 5.74) is 0.873. The Bertz CT molecular complexity index is 513. The average Bonchev–Trinajstić information content (AvgIpc) is 2.42. The molecule has 1 aromatic rings. The number of imide groups is 1. The summed E-state index contributed by atoms with van der Waals surface area (Å²) in [5, 5.41) is 2.22. The zero-order chi connectivity index (χ0) is 14.0. The van der Waals surface area contributed by atoms with Crippen LogP contribution in [0.4, 0.5) is 0 Å². The molecular formula is C14H16N2O3. The Kier molecular flexibility index (Phi) is 3.64. The summed E-state index contributed by atoms with van der Waals surface area (Å²) in [7, 11) is 0. The van der Waals surface area contributed by atoms with Crippen molar-refractivity contribution in [3.05, 3.63) is 35.9 Å². The summed E-state index contributed by atoms with van der Waals surface area (Å²) in [6.45, 7) is 3.33. The van der Waals surface area contributed by atoms with E-state index < -0.39 is 17.9 Å². The molecule has 5 heteroatoms. The fourth-order valence-electron chi connectivity index (χ4n) is 2.12. The summed E-state index contributed by atoms with van der Waals surface area (Å²) < 4.78 is 0. The summed E-state index contributed by atoms with van der Waals surface area (Å²) in [6, 6.07) is 8.70. The molecule has 3 amide bonds. The number of nitrogens with zero attached hydrogens (tertiary/aromatic N) is 1. The average molecular weight is 260 g/mol. The number of carbonyl (C=O) groups is 3. The minimum absolute atomic E-state index is 0.0666. The number of piperazine rings is 1. The molecule has 0 bridgehead atoms. The van der Waals surface area contributed by atoms with Crippen molar-refractivity contribution in [2.75, 3.05) is 6.54 Å². The van der Waals surface area contributed by atoms with Gasteiger partial charge in [0.15, 0.2) is 0 Å². The van der Waals surface area contributed by atoms with Gasteiger partial charge in [-0.05, 0) is 19.4 Å². The van der Waals surface area contributed by atoms with Gasteiger partial charge in [-0.2, -0.15) is 0 Å². The van der Waals surface area contributed by atoms with Crippen molar-refractivity contribution < 1.29 is 14.4 Å². The third-order valence-electron chi connectivity index (χ3n) is 3.38. The molecule has 1 aromatic carbocycles. The van der Waals surface area contributed by atoms with Crippen LogP contribution in [0.1, 0.15) is 25.3 Å². The lowest BCUT2D eigenvalue weighted by molar-refractivity contribution is -0.150. The molecule has 2 unspecified atom stereocenters. The quantitative estimate of drug-likeness (QED) is 0.794. The maximum absolute atomic E-state index is 12.4. The van der Waals surface area contributed by atoms with Crippen molar-refractivity contribution in [1.82, 2.24) is 10.2 Å². The van der Waals surface area contributed by atoms with Gasteiger partial charge in [0, 0.05) is 0 Å². The van der Waals surface area contributed by atoms with Crippen LogP contribution in [0.5, 0.6) is 0 Å². The Morgan fingerprint density at radius 1 is 1.32 bits per heavy atom. The fourth-order valence-corrected chi connectivity index (χ4v) is 2.12. The van der Waals surface area contributed by atoms with Gasteiger partial charge in [0.25, 0.3) is 0 Å². The van der Waals surface area contributed by atoms with E-state index in [0.29, 0.717) is 0 Å². The highest BCUT2D eigenvalue weighted by Gasteiger charge is 2.35. The molecule has 1 saturated heterocycles. The van der Waals surface area contributed by atoms with E-state index in [1.54, 1.807) is 13.8 Å². The molecule has 2 atom stereocenters. The second kappa shape index (κ2) is 5.22. The van der Waals surface area contributed by atoms with Crippen molar-refractivity contribution in [1.29, 1.82) is 0 Å². The van der Waals surface area contributed by atoms with Gasteiger partial charge in [-0.25, -0.2) is 0 Å². The molecule has 1 heterocycles. The number of amides is 3. The Morgan fingerprint density at radius 3 is 2.58 bits per heavy atom. The summed E-state index contributed by atoms with van der Waals surface area (Å²) in [5.74, 6) is -1.44. The molecule has 1 fully saturated rings. The first-order valence-corrected chi connectivity index (χ1v) is 6.20. The van der Waals surface area contributed by atoms with E-state index in [9.17, 15) is 14.4 Å². The van der Waals surface area contributed by atoms with Crippen LogP contribution in [-0.4, -0.2) is 35.2 Å². The minimum Gasteiger partial charge on any atom is -0.321 e. The molecule has 0 radical (unpaired) electrons. The molecule has 0 aromatic heterocycles. The topological polar surface area (TPSA) is 66.5 Å². The highest BCUT2D eigenvalue weighted by Crippen LogP contribution is 2.20. The van der Waals surface area contributed by atoms with Gasteiger partial charge in [0.05, 0.1) is 5.92 Å². The van der Waals surface area contributed by atoms with Gasteiger partial charge in [-0.1, -0.05) is 30.3 Å². The Hall–Kier alpha value is -2.17. The number of nitrogens with one attached hydrogen (secondary N) is 1. The molecule has 0 saturated carbocycles. The maximum atomic E-state index is 12.4. The van der Waals surface area contributed by atoms with Crippen molar-refractivity contribution in [2.24, 2.45) is 0 Å². The zero-order valence-corrected chi connectivity index (χ0v) is 10.9. The van der Waals surface area contributed by atoms with Gasteiger partial charge in [-0.3, -0.25) is 19.7 Å². The van der Waals surface area contributed by atoms with E-state index in [0.717, 1.165) is 5.56 Å². The van der Waals surface area contributed by atoms with Gasteiger partial charge >= 0.3 is 0 Å². The van der Waals surface area contributed by atoms with Crippen LogP contribution in [0.2, 0.25) is 0 Å². The van der Waals surface area contributed by atoms with Gasteiger partial charge in [0.1, 0.15) is 12.6 Å². The second-order valence-electron chi connectivity index (χ2n) is 4.69. The molecule has 0 spiro atoms. The molecule has 1 aliphatic rings. The summed E-state index contributed by atoms with van der Waals surface area (Å²) >= 11 is 0. The van der Waals surface area contributed by atoms with E-state index in [-0.39, 0.29) is 18.4 Å². The van der Waals surface area contributed by atoms with Crippen molar-refractivity contribution in [3.8, 4) is 0 Å². The Balaban J connectivity index is 2.19. The van der Waals surface area contributed by atoms with Crippen LogP contribution in [0.25, 0.3) is 0 Å². The van der Waals surface area contributed by atoms with E-state index in [2.05, 4.69) is 5.32 Å². The highest BCUT2D eigenvalue weighted by atomic mass is 16.2. The molecule has 2 rings (SSSR count). The van der Waals surface area contributed by atoms with E-state index >= 15 is 0 Å². The van der Waals surface area contributed by atoms with Crippen LogP contribution >= 0.6 is 0 Å². The largest absolute Gasteiger partial charge is 0.321 e. The van der Waals surface area contributed by atoms with Crippen LogP contribution in [0.15, 0.2) is 30.3 Å². The van der Waals surface area contributed by atoms with Gasteiger partial charge in [-0.15, -0.1) is 0 Å². The predicted octanol–water partition coefficient (Wildman–Crippen LogP) is 0.664. The Morgan fingerprint density at radius 2 is 1.95 bits per heavy atom. The van der Waals surface area contributed by atoms with Crippen molar-refractivity contribution in [2.45, 2.75) is 25.8 Å². The number of rotatable bonds is 2. The Labute approximate surface area is 111 Å². The lowest BCUT2D eigenvalue weighted by Gasteiger charge is -2.33. The number of hydrogen-bond donors (Lipinski definition) is 1. The molecule has 100 valence electrons. The molecular weight excluding hydrogens is 244 g/mol. The number of carbonyl (C=O) groups excluding carboxylic acids is 3. The third-order valence-corrected chi connectivity index (χ3v) is 3.38. The molecule has 19 heavy (non-hydrogen) atoms. The van der Waals surface area contributed by atoms with Crippen LogP contribution in [0, 0.1) is 0 Å². The lowest BCUT2D eigenvalue weighted by Crippen LogP contribution is -2.59. The summed E-state index contributed by atoms with van der Waals surface area (Å²) in [6.07, 6.45) is 0. The third kappa shape index (κ3) is 2.65. The SMILES string of the molecule is CC(C(=O)N1CC(=O)NC(=O)C1C)c1ccccc1. The molecule has 1 N–H and O–H groups in total. The lowest BCUT2D eigenvalue weighted by atomic mass is 9.98. The van der Waals surface area contributed by atoms with Crippen LogP contribution in [-0.2, 0) is 14.4 Å². The maximum Gasteiger partial charge on any atom is 0.249 e. The van der Waals surface area contributed by atoms with Crippen LogP contribution in [0.3, 0.4) is 0 Å². The molecule has 0 aliphatic carbocycles. The zero-order valence-electron chi connectivity index (χ0n) is 10.9. The van der Waals surface area contributed by atoms with Gasteiger partial charge < -0.3 is 4.90 Å². The first-order chi connectivity index (χ1) is 9.00. The van der Waals surface area contributed by atoms with Crippen molar-refractivity contribution in [3.63, 3.8) is 0 Å². The second-order valence-corrected chi connectivity index (χ2v) is 4.69. The van der Waals surface area contributed by atoms with E-state index in [4.69, 9.17) is 0 Å². The van der Waals surface area contributed by atoms with E-state index in [1.807, 2.05) is 30.3 Å². The number of hydrogen-bond acceptors (Lipinski definition) is 3. The monoisotopic (exact) mass is 260 g/mol. The number of benzene rings is 1. The highest BCUT2D eigenvalue weighted by molar-refractivity contribution is 6.04. The summed E-state index contributed by atoms with van der Waals surface area (Å²) in [4.78, 5) is 36.6. The van der Waals surface area contributed by atoms with Gasteiger partial charge in [0.2, 0.25) is 17.7 Å². The van der Waals surface area contributed by atoms with Crippen LogP contribution < -0.4 is 5.32 Å². The smallest absolute Gasteiger partial charge is 0.249 e.